The number of nitrogens with one attached hydrogen (secondary N) is 2. The van der Waals surface area contributed by atoms with E-state index in [1.807, 2.05) is 13.8 Å². The number of hydrazone groups is 1. The van der Waals surface area contributed by atoms with Gasteiger partial charge in [-0.3, -0.25) is 9.59 Å². The highest BCUT2D eigenvalue weighted by atomic mass is 35.5. The van der Waals surface area contributed by atoms with Crippen LogP contribution in [-0.4, -0.2) is 17.5 Å². The molecular formula is C14H18ClN3O2. The van der Waals surface area contributed by atoms with Crippen molar-refractivity contribution in [3.05, 3.63) is 34.9 Å². The minimum absolute atomic E-state index is 0.265. The molecule has 0 aliphatic rings. The number of nitrogens with zero attached hydrogens (tertiary/aromatic N) is 1. The Morgan fingerprint density at radius 3 is 2.25 bits per heavy atom. The van der Waals surface area contributed by atoms with Gasteiger partial charge in [-0.05, 0) is 30.5 Å². The van der Waals surface area contributed by atoms with Gasteiger partial charge >= 0.3 is 11.8 Å². The molecule has 0 saturated carbocycles. The van der Waals surface area contributed by atoms with Gasteiger partial charge in [-0.1, -0.05) is 37.6 Å². The largest absolute Gasteiger partial charge is 0.344 e. The Balaban J connectivity index is 2.44. The van der Waals surface area contributed by atoms with E-state index < -0.39 is 11.8 Å². The SMILES string of the molecule is CCC(CC)=NNC(=O)C(=O)NCc1ccc(Cl)cc1. The zero-order valence-electron chi connectivity index (χ0n) is 11.6. The zero-order valence-corrected chi connectivity index (χ0v) is 12.3. The molecule has 20 heavy (non-hydrogen) atoms. The van der Waals surface area contributed by atoms with Crippen LogP contribution >= 0.6 is 11.6 Å². The molecule has 2 amide bonds. The second-order valence-corrected chi connectivity index (χ2v) is 4.57. The Bertz CT molecular complexity index is 492. The molecule has 1 aromatic carbocycles. The fraction of sp³-hybridized carbons (Fsp3) is 0.357. The highest BCUT2D eigenvalue weighted by Gasteiger charge is 2.12. The van der Waals surface area contributed by atoms with E-state index in [1.54, 1.807) is 24.3 Å². The first-order valence-electron chi connectivity index (χ1n) is 6.44. The maximum absolute atomic E-state index is 11.6. The lowest BCUT2D eigenvalue weighted by Gasteiger charge is -2.05. The van der Waals surface area contributed by atoms with Gasteiger partial charge in [0.2, 0.25) is 0 Å². The van der Waals surface area contributed by atoms with E-state index in [9.17, 15) is 9.59 Å². The minimum Gasteiger partial charge on any atom is -0.344 e. The van der Waals surface area contributed by atoms with Gasteiger partial charge in [0.05, 0.1) is 0 Å². The van der Waals surface area contributed by atoms with Gasteiger partial charge in [0.1, 0.15) is 0 Å². The quantitative estimate of drug-likeness (QED) is 0.497. The van der Waals surface area contributed by atoms with E-state index in [0.29, 0.717) is 5.02 Å². The second kappa shape index (κ2) is 8.32. The van der Waals surface area contributed by atoms with Gasteiger partial charge in [-0.2, -0.15) is 5.10 Å². The molecule has 0 aromatic heterocycles. The molecule has 0 spiro atoms. The summed E-state index contributed by atoms with van der Waals surface area (Å²) >= 11 is 5.76. The second-order valence-electron chi connectivity index (χ2n) is 4.14. The first kappa shape index (κ1) is 16.2. The Kier molecular flexibility index (Phi) is 6.73. The van der Waals surface area contributed by atoms with Crippen molar-refractivity contribution < 1.29 is 9.59 Å². The van der Waals surface area contributed by atoms with Gasteiger partial charge < -0.3 is 5.32 Å². The van der Waals surface area contributed by atoms with Crippen molar-refractivity contribution in [2.24, 2.45) is 5.10 Å². The number of rotatable bonds is 5. The van der Waals surface area contributed by atoms with E-state index in [2.05, 4.69) is 15.8 Å². The molecule has 0 aliphatic heterocycles. The van der Waals surface area contributed by atoms with Gasteiger partial charge in [0.15, 0.2) is 0 Å². The average molecular weight is 296 g/mol. The summed E-state index contributed by atoms with van der Waals surface area (Å²) in [5.74, 6) is -1.48. The molecule has 2 N–H and O–H groups in total. The molecule has 6 heteroatoms. The van der Waals surface area contributed by atoms with Crippen LogP contribution in [-0.2, 0) is 16.1 Å². The highest BCUT2D eigenvalue weighted by molar-refractivity contribution is 6.35. The smallest absolute Gasteiger partial charge is 0.329 e. The third kappa shape index (κ3) is 5.40. The van der Waals surface area contributed by atoms with Gasteiger partial charge in [-0.25, -0.2) is 5.43 Å². The van der Waals surface area contributed by atoms with Crippen LogP contribution in [0.2, 0.25) is 5.02 Å². The van der Waals surface area contributed by atoms with Crippen LogP contribution in [0, 0.1) is 0 Å². The predicted molar refractivity (Wildman–Crippen MR) is 79.5 cm³/mol. The third-order valence-corrected chi connectivity index (χ3v) is 2.96. The summed E-state index contributed by atoms with van der Waals surface area (Å²) in [6.07, 6.45) is 1.48. The van der Waals surface area contributed by atoms with Crippen molar-refractivity contribution >= 4 is 29.1 Å². The van der Waals surface area contributed by atoms with Crippen LogP contribution in [0.3, 0.4) is 0 Å². The molecule has 1 aromatic rings. The molecular weight excluding hydrogens is 278 g/mol. The van der Waals surface area contributed by atoms with Crippen LogP contribution in [0.4, 0.5) is 0 Å². The molecule has 0 unspecified atom stereocenters. The van der Waals surface area contributed by atoms with Crippen molar-refractivity contribution in [3.63, 3.8) is 0 Å². The highest BCUT2D eigenvalue weighted by Crippen LogP contribution is 2.08. The van der Waals surface area contributed by atoms with Crippen LogP contribution in [0.15, 0.2) is 29.4 Å². The lowest BCUT2D eigenvalue weighted by atomic mass is 10.2. The van der Waals surface area contributed by atoms with Gasteiger partial charge in [-0.15, -0.1) is 0 Å². The van der Waals surface area contributed by atoms with Crippen LogP contribution in [0.5, 0.6) is 0 Å². The normalized spacial score (nSPS) is 9.75. The first-order chi connectivity index (χ1) is 9.56. The summed E-state index contributed by atoms with van der Waals surface area (Å²) in [4.78, 5) is 23.1. The van der Waals surface area contributed by atoms with Crippen LogP contribution < -0.4 is 10.7 Å². The molecule has 1 rings (SSSR count). The Morgan fingerprint density at radius 2 is 1.70 bits per heavy atom. The number of hydrogen-bond acceptors (Lipinski definition) is 3. The first-order valence-corrected chi connectivity index (χ1v) is 6.82. The van der Waals surface area contributed by atoms with Crippen molar-refractivity contribution in [1.82, 2.24) is 10.7 Å². The monoisotopic (exact) mass is 295 g/mol. The summed E-state index contributed by atoms with van der Waals surface area (Å²) in [6.45, 7) is 4.14. The van der Waals surface area contributed by atoms with Gasteiger partial charge in [0.25, 0.3) is 0 Å². The van der Waals surface area contributed by atoms with Crippen molar-refractivity contribution in [3.8, 4) is 0 Å². The van der Waals surface area contributed by atoms with Crippen molar-refractivity contribution in [2.45, 2.75) is 33.2 Å². The lowest BCUT2D eigenvalue weighted by molar-refractivity contribution is -0.139. The zero-order chi connectivity index (χ0) is 15.0. The van der Waals surface area contributed by atoms with Crippen molar-refractivity contribution in [2.75, 3.05) is 0 Å². The molecule has 5 nitrogen and oxygen atoms in total. The molecule has 0 bridgehead atoms. The fourth-order valence-electron chi connectivity index (χ4n) is 1.45. The van der Waals surface area contributed by atoms with Crippen molar-refractivity contribution in [1.29, 1.82) is 0 Å². The average Bonchev–Trinajstić information content (AvgIpc) is 2.47. The molecule has 0 aliphatic carbocycles. The van der Waals surface area contributed by atoms with E-state index in [-0.39, 0.29) is 6.54 Å². The maximum Gasteiger partial charge on any atom is 0.329 e. The number of carbonyl (C=O) groups excluding carboxylic acids is 2. The molecule has 0 fully saturated rings. The number of benzene rings is 1. The predicted octanol–water partition coefficient (Wildman–Crippen LogP) is 2.25. The third-order valence-electron chi connectivity index (χ3n) is 2.70. The molecule has 108 valence electrons. The van der Waals surface area contributed by atoms with E-state index in [1.165, 1.54) is 0 Å². The maximum atomic E-state index is 11.6. The Labute approximate surface area is 123 Å². The summed E-state index contributed by atoms with van der Waals surface area (Å²) in [6, 6.07) is 7.01. The number of amides is 2. The number of hydrogen-bond donors (Lipinski definition) is 2. The summed E-state index contributed by atoms with van der Waals surface area (Å²) < 4.78 is 0. The topological polar surface area (TPSA) is 70.6 Å². The van der Waals surface area contributed by atoms with Crippen LogP contribution in [0.25, 0.3) is 0 Å². The van der Waals surface area contributed by atoms with E-state index in [4.69, 9.17) is 11.6 Å². The molecule has 0 saturated heterocycles. The molecule has 0 heterocycles. The molecule has 0 radical (unpaired) electrons. The minimum atomic E-state index is -0.765. The summed E-state index contributed by atoms with van der Waals surface area (Å²) in [7, 11) is 0. The summed E-state index contributed by atoms with van der Waals surface area (Å²) in [5, 5.41) is 7.03. The number of halogens is 1. The summed E-state index contributed by atoms with van der Waals surface area (Å²) in [5.41, 5.74) is 3.95. The lowest BCUT2D eigenvalue weighted by Crippen LogP contribution is -2.37. The molecule has 0 atom stereocenters. The van der Waals surface area contributed by atoms with Gasteiger partial charge in [0, 0.05) is 17.3 Å². The Morgan fingerprint density at radius 1 is 1.10 bits per heavy atom. The fourth-order valence-corrected chi connectivity index (χ4v) is 1.58. The van der Waals surface area contributed by atoms with E-state index in [0.717, 1.165) is 24.1 Å². The Hall–Kier alpha value is -1.88. The van der Waals surface area contributed by atoms with E-state index >= 15 is 0 Å². The number of carbonyl (C=O) groups is 2. The standard InChI is InChI=1S/C14H18ClN3O2/c1-3-12(4-2)17-18-14(20)13(19)16-9-10-5-7-11(15)8-6-10/h5-8H,3-4,9H2,1-2H3,(H,16,19)(H,18,20). The van der Waals surface area contributed by atoms with Crippen LogP contribution in [0.1, 0.15) is 32.3 Å².